The summed E-state index contributed by atoms with van der Waals surface area (Å²) in [5.41, 5.74) is -1.98. The first-order chi connectivity index (χ1) is 17.6. The molecule has 0 saturated heterocycles. The number of alkyl halides is 3. The van der Waals surface area contributed by atoms with E-state index >= 15 is 0 Å². The fourth-order valence-corrected chi connectivity index (χ4v) is 6.12. The Bertz CT molecular complexity index is 1360. The average Bonchev–Trinajstić information content (AvgIpc) is 2.75. The maximum atomic E-state index is 13.6. The number of fused-ring (bicyclic) bond motifs is 1. The van der Waals surface area contributed by atoms with Crippen LogP contribution in [-0.4, -0.2) is 45.9 Å². The number of pyridine rings is 1. The van der Waals surface area contributed by atoms with Gasteiger partial charge in [-0.3, -0.25) is 8.98 Å². The van der Waals surface area contributed by atoms with Gasteiger partial charge >= 0.3 is 6.18 Å². The van der Waals surface area contributed by atoms with Crippen LogP contribution in [0, 0.1) is 0 Å². The molecule has 2 heterocycles. The second-order valence-electron chi connectivity index (χ2n) is 12.1. The van der Waals surface area contributed by atoms with Crippen LogP contribution in [0.15, 0.2) is 41.3 Å². The van der Waals surface area contributed by atoms with Gasteiger partial charge in [0.1, 0.15) is 17.5 Å². The van der Waals surface area contributed by atoms with E-state index in [2.05, 4.69) is 33.9 Å². The molecule has 0 N–H and O–H groups in total. The Morgan fingerprint density at radius 3 is 2.28 bits per heavy atom. The number of halogens is 3. The predicted molar refractivity (Wildman–Crippen MR) is 146 cm³/mol. The van der Waals surface area contributed by atoms with Gasteiger partial charge < -0.3 is 13.7 Å². The third-order valence-corrected chi connectivity index (χ3v) is 12.6. The normalized spacial score (nSPS) is 19.9. The minimum atomic E-state index is -4.65. The fraction of sp³-hybridized carbons (Fsp3) is 0.593. The molecular formula is C27H38F3NO6SSi. The van der Waals surface area contributed by atoms with Crippen molar-refractivity contribution < 1.29 is 34.9 Å². The van der Waals surface area contributed by atoms with Crippen LogP contribution >= 0.6 is 0 Å². The molecule has 12 heteroatoms. The summed E-state index contributed by atoms with van der Waals surface area (Å²) < 4.78 is 83.8. The van der Waals surface area contributed by atoms with Crippen LogP contribution in [-0.2, 0) is 31.3 Å². The lowest BCUT2D eigenvalue weighted by Crippen LogP contribution is -2.54. The molecule has 0 bridgehead atoms. The van der Waals surface area contributed by atoms with Crippen molar-refractivity contribution in [2.75, 3.05) is 12.9 Å². The number of aryl methyl sites for hydroxylation is 1. The van der Waals surface area contributed by atoms with E-state index < -0.39 is 53.5 Å². The molecule has 2 atom stereocenters. The first-order valence-electron chi connectivity index (χ1n) is 12.8. The van der Waals surface area contributed by atoms with Gasteiger partial charge in [0.05, 0.1) is 17.9 Å². The van der Waals surface area contributed by atoms with Crippen LogP contribution in [0.1, 0.15) is 63.8 Å². The summed E-state index contributed by atoms with van der Waals surface area (Å²) in [4.78, 5) is 13.3. The molecule has 0 radical (unpaired) electrons. The van der Waals surface area contributed by atoms with E-state index in [9.17, 15) is 26.4 Å². The monoisotopic (exact) mass is 589 g/mol. The number of ether oxygens (including phenoxy) is 1. The molecule has 1 aliphatic heterocycles. The molecule has 0 amide bonds. The zero-order chi connectivity index (χ0) is 29.6. The molecule has 1 aromatic heterocycles. The van der Waals surface area contributed by atoms with Gasteiger partial charge in [-0.2, -0.15) is 21.6 Å². The predicted octanol–water partition coefficient (Wildman–Crippen LogP) is 5.93. The van der Waals surface area contributed by atoms with E-state index in [-0.39, 0.29) is 16.4 Å². The second kappa shape index (κ2) is 10.7. The van der Waals surface area contributed by atoms with Gasteiger partial charge in [0, 0.05) is 24.4 Å². The number of nitrogens with zero attached hydrogens (tertiary/aromatic N) is 1. The van der Waals surface area contributed by atoms with Crippen molar-refractivity contribution in [2.24, 2.45) is 0 Å². The van der Waals surface area contributed by atoms with Crippen LogP contribution < -0.4 is 10.3 Å². The lowest BCUT2D eigenvalue weighted by atomic mass is 9.85. The molecule has 1 aliphatic rings. The number of hydrogen-bond acceptors (Lipinski definition) is 6. The topological polar surface area (TPSA) is 83.8 Å². The van der Waals surface area contributed by atoms with Crippen LogP contribution in [0.2, 0.25) is 18.1 Å². The highest BCUT2D eigenvalue weighted by Gasteiger charge is 2.48. The maximum absolute atomic E-state index is 13.6. The molecule has 0 unspecified atom stereocenters. The van der Waals surface area contributed by atoms with Gasteiger partial charge in [-0.1, -0.05) is 20.8 Å². The summed E-state index contributed by atoms with van der Waals surface area (Å²) >= 11 is 0. The Balaban J connectivity index is 1.98. The Morgan fingerprint density at radius 1 is 1.10 bits per heavy atom. The SMILES string of the molecule is CC1(C)Oc2ccc(C(F)(F)F)cc2[C@@H](n2ccc(CCCO[Si](C)(C)C(C)(C)C)cc2=O)[C@@H]1OS(C)(=O)=O. The Kier molecular flexibility index (Phi) is 8.59. The third-order valence-electron chi connectivity index (χ3n) is 7.47. The number of aromatic nitrogens is 1. The zero-order valence-corrected chi connectivity index (χ0v) is 25.5. The van der Waals surface area contributed by atoms with Gasteiger partial charge in [-0.05, 0) is 74.7 Å². The van der Waals surface area contributed by atoms with Crippen molar-refractivity contribution in [1.82, 2.24) is 4.57 Å². The summed E-state index contributed by atoms with van der Waals surface area (Å²) in [6.07, 6.45) is -2.38. The van der Waals surface area contributed by atoms with Crippen LogP contribution in [0.25, 0.3) is 0 Å². The van der Waals surface area contributed by atoms with Crippen LogP contribution in [0.3, 0.4) is 0 Å². The summed E-state index contributed by atoms with van der Waals surface area (Å²) in [7, 11) is -5.96. The second-order valence-corrected chi connectivity index (χ2v) is 18.5. The van der Waals surface area contributed by atoms with Crippen molar-refractivity contribution >= 4 is 18.4 Å². The molecule has 218 valence electrons. The molecule has 1 aromatic carbocycles. The van der Waals surface area contributed by atoms with E-state index in [4.69, 9.17) is 13.3 Å². The summed E-state index contributed by atoms with van der Waals surface area (Å²) in [6, 6.07) is 4.89. The van der Waals surface area contributed by atoms with Gasteiger partial charge in [-0.25, -0.2) is 0 Å². The van der Waals surface area contributed by atoms with Gasteiger partial charge in [0.2, 0.25) is 0 Å². The Morgan fingerprint density at radius 2 is 1.74 bits per heavy atom. The highest BCUT2D eigenvalue weighted by molar-refractivity contribution is 7.86. The summed E-state index contributed by atoms with van der Waals surface area (Å²) in [5.74, 6) is 0.116. The molecule has 0 aliphatic carbocycles. The molecule has 39 heavy (non-hydrogen) atoms. The van der Waals surface area contributed by atoms with E-state index in [0.29, 0.717) is 19.4 Å². The molecular weight excluding hydrogens is 551 g/mol. The van der Waals surface area contributed by atoms with Gasteiger partial charge in [0.15, 0.2) is 8.32 Å². The summed E-state index contributed by atoms with van der Waals surface area (Å²) in [5, 5.41) is 0.0812. The molecule has 3 rings (SSSR count). The largest absolute Gasteiger partial charge is 0.485 e. The summed E-state index contributed by atoms with van der Waals surface area (Å²) in [6.45, 7) is 14.5. The highest BCUT2D eigenvalue weighted by atomic mass is 32.2. The first kappa shape index (κ1) is 31.4. The van der Waals surface area contributed by atoms with Crippen molar-refractivity contribution in [3.05, 3.63) is 63.6 Å². The third kappa shape index (κ3) is 7.33. The van der Waals surface area contributed by atoms with Crippen LogP contribution in [0.5, 0.6) is 5.75 Å². The van der Waals surface area contributed by atoms with Crippen molar-refractivity contribution in [3.63, 3.8) is 0 Å². The smallest absolute Gasteiger partial charge is 0.416 e. The van der Waals surface area contributed by atoms with Gasteiger partial charge in [0.25, 0.3) is 15.7 Å². The van der Waals surface area contributed by atoms with Gasteiger partial charge in [-0.15, -0.1) is 0 Å². The number of benzene rings is 1. The average molecular weight is 590 g/mol. The number of hydrogen-bond donors (Lipinski definition) is 0. The van der Waals surface area contributed by atoms with Crippen molar-refractivity contribution in [1.29, 1.82) is 0 Å². The van der Waals surface area contributed by atoms with E-state index in [0.717, 1.165) is 24.0 Å². The Hall–Kier alpha value is -2.15. The van der Waals surface area contributed by atoms with Crippen molar-refractivity contribution in [3.8, 4) is 5.75 Å². The first-order valence-corrected chi connectivity index (χ1v) is 17.5. The quantitative estimate of drug-likeness (QED) is 0.216. The fourth-order valence-electron chi connectivity index (χ4n) is 4.32. The standard InChI is InChI=1S/C27H38F3NO6SSi/c1-25(2,3)39(7,8)35-15-9-10-18-13-14-31(22(32)16-18)23-20-17-19(27(28,29)30)11-12-21(20)36-26(4,5)24(23)37-38(6,33)34/h11-14,16-17,23-24H,9-10,15H2,1-8H3/t23-,24+/m1/s1. The minimum Gasteiger partial charge on any atom is -0.485 e. The van der Waals surface area contributed by atoms with E-state index in [1.807, 2.05) is 0 Å². The number of rotatable bonds is 8. The molecule has 0 spiro atoms. The highest BCUT2D eigenvalue weighted by Crippen LogP contribution is 2.45. The lowest BCUT2D eigenvalue weighted by molar-refractivity contribution is -0.137. The lowest BCUT2D eigenvalue weighted by Gasteiger charge is -2.44. The molecule has 2 aromatic rings. The Labute approximate surface area is 229 Å². The van der Waals surface area contributed by atoms with Crippen LogP contribution in [0.4, 0.5) is 13.2 Å². The molecule has 0 fully saturated rings. The molecule has 0 saturated carbocycles. The minimum absolute atomic E-state index is 0.00965. The van der Waals surface area contributed by atoms with E-state index in [1.54, 1.807) is 19.9 Å². The van der Waals surface area contributed by atoms with E-state index in [1.165, 1.54) is 22.9 Å². The zero-order valence-electron chi connectivity index (χ0n) is 23.7. The maximum Gasteiger partial charge on any atom is 0.416 e. The molecule has 7 nitrogen and oxygen atoms in total. The van der Waals surface area contributed by atoms with Crippen molar-refractivity contribution in [2.45, 2.75) is 89.5 Å².